The molecule has 0 radical (unpaired) electrons. The molecule has 1 aliphatic heterocycles. The first-order chi connectivity index (χ1) is 13.1. The molecule has 8 heteroatoms. The molecule has 0 saturated carbocycles. The van der Waals surface area contributed by atoms with E-state index in [1.807, 2.05) is 18.7 Å². The van der Waals surface area contributed by atoms with Crippen LogP contribution < -0.4 is 16.0 Å². The van der Waals surface area contributed by atoms with Crippen molar-refractivity contribution in [3.8, 4) is 0 Å². The molecule has 0 aliphatic carbocycles. The zero-order chi connectivity index (χ0) is 18.8. The summed E-state index contributed by atoms with van der Waals surface area (Å²) in [6, 6.07) is 10.5. The second-order valence-corrected chi connectivity index (χ2v) is 8.93. The normalized spacial score (nSPS) is 15.4. The van der Waals surface area contributed by atoms with Crippen molar-refractivity contribution in [2.75, 3.05) is 35.6 Å². The number of hydrogen-bond donors (Lipinski definition) is 2. The van der Waals surface area contributed by atoms with Gasteiger partial charge in [-0.2, -0.15) is 4.98 Å². The third-order valence-corrected chi connectivity index (χ3v) is 6.61. The average Bonchev–Trinajstić information content (AvgIpc) is 2.92. The number of anilines is 2. The zero-order valence-electron chi connectivity index (χ0n) is 15.1. The maximum Gasteiger partial charge on any atom is 0.228 e. The highest BCUT2D eigenvalue weighted by Crippen LogP contribution is 2.33. The number of rotatable bonds is 5. The van der Waals surface area contributed by atoms with Gasteiger partial charge in [-0.1, -0.05) is 18.2 Å². The first-order valence-electron chi connectivity index (χ1n) is 8.96. The average molecular weight is 404 g/mol. The lowest BCUT2D eigenvalue weighted by Crippen LogP contribution is -2.27. The smallest absolute Gasteiger partial charge is 0.228 e. The van der Waals surface area contributed by atoms with E-state index in [0.717, 1.165) is 33.9 Å². The monoisotopic (exact) mass is 403 g/mol. The Morgan fingerprint density at radius 3 is 3.04 bits per heavy atom. The number of fused-ring (bicyclic) bond motifs is 2. The molecule has 5 nitrogen and oxygen atoms in total. The number of aromatic nitrogens is 2. The van der Waals surface area contributed by atoms with Crippen molar-refractivity contribution >= 4 is 45.1 Å². The first kappa shape index (κ1) is 18.5. The predicted molar refractivity (Wildman–Crippen MR) is 113 cm³/mol. The Morgan fingerprint density at radius 2 is 2.19 bits per heavy atom. The largest absolute Gasteiger partial charge is 0.366 e. The van der Waals surface area contributed by atoms with Crippen molar-refractivity contribution in [2.45, 2.75) is 24.5 Å². The van der Waals surface area contributed by atoms with Crippen molar-refractivity contribution in [1.82, 2.24) is 9.97 Å². The number of hydrogen-bond acceptors (Lipinski definition) is 7. The molecule has 0 amide bonds. The van der Waals surface area contributed by atoms with Gasteiger partial charge in [0.1, 0.15) is 12.0 Å². The molecule has 0 spiro atoms. The highest BCUT2D eigenvalue weighted by molar-refractivity contribution is 7.99. The summed E-state index contributed by atoms with van der Waals surface area (Å²) >= 11 is 3.49. The van der Waals surface area contributed by atoms with Crippen LogP contribution in [0.3, 0.4) is 0 Å². The van der Waals surface area contributed by atoms with E-state index in [0.29, 0.717) is 11.8 Å². The van der Waals surface area contributed by atoms with Gasteiger partial charge in [0.25, 0.3) is 0 Å². The number of alkyl halides is 1. The van der Waals surface area contributed by atoms with E-state index < -0.39 is 6.17 Å². The minimum absolute atomic E-state index is 0.00230. The molecule has 0 fully saturated rings. The third-order valence-electron chi connectivity index (χ3n) is 4.47. The quantitative estimate of drug-likeness (QED) is 0.675. The molecule has 27 heavy (non-hydrogen) atoms. The molecule has 4 rings (SSSR count). The highest BCUT2D eigenvalue weighted by Gasteiger charge is 2.20. The van der Waals surface area contributed by atoms with Gasteiger partial charge >= 0.3 is 0 Å². The number of thiophene rings is 1. The number of aryl methyl sites for hydroxylation is 1. The lowest BCUT2D eigenvalue weighted by atomic mass is 10.2. The second-order valence-electron chi connectivity index (χ2n) is 6.54. The van der Waals surface area contributed by atoms with Crippen LogP contribution in [0.4, 0.5) is 16.2 Å². The maximum atomic E-state index is 13.7. The van der Waals surface area contributed by atoms with Crippen molar-refractivity contribution in [3.05, 3.63) is 40.8 Å². The van der Waals surface area contributed by atoms with Crippen LogP contribution >= 0.6 is 23.1 Å². The van der Waals surface area contributed by atoms with Gasteiger partial charge in [-0.25, -0.2) is 9.37 Å². The second kappa shape index (κ2) is 8.00. The van der Waals surface area contributed by atoms with Crippen LogP contribution in [0.15, 0.2) is 35.2 Å². The van der Waals surface area contributed by atoms with Crippen molar-refractivity contribution in [3.63, 3.8) is 0 Å². The molecular weight excluding hydrogens is 381 g/mol. The molecule has 1 aromatic carbocycles. The van der Waals surface area contributed by atoms with Crippen LogP contribution in [0.2, 0.25) is 0 Å². The van der Waals surface area contributed by atoms with Gasteiger partial charge in [-0.3, -0.25) is 0 Å². The van der Waals surface area contributed by atoms with Gasteiger partial charge in [0.15, 0.2) is 0 Å². The lowest BCUT2D eigenvalue weighted by Gasteiger charge is -2.21. The Labute approximate surface area is 166 Å². The summed E-state index contributed by atoms with van der Waals surface area (Å²) in [7, 11) is 0. The molecular formula is C19H22FN5S2. The van der Waals surface area contributed by atoms with Crippen LogP contribution in [0.1, 0.15) is 10.4 Å². The van der Waals surface area contributed by atoms with Crippen LogP contribution in [-0.2, 0) is 6.54 Å². The number of halogens is 1. The van der Waals surface area contributed by atoms with E-state index in [1.165, 1.54) is 10.5 Å². The third kappa shape index (κ3) is 4.02. The summed E-state index contributed by atoms with van der Waals surface area (Å²) in [5.74, 6) is 2.35. The topological polar surface area (TPSA) is 67.1 Å². The SMILES string of the molecule is Cc1cc2nc(N3CCSc4ccccc4C3)nc(NCC(F)CN)c2s1. The number of thioether (sulfide) groups is 1. The van der Waals surface area contributed by atoms with Crippen molar-refractivity contribution in [2.24, 2.45) is 5.73 Å². The van der Waals surface area contributed by atoms with E-state index in [-0.39, 0.29) is 13.1 Å². The summed E-state index contributed by atoms with van der Waals surface area (Å²) in [4.78, 5) is 14.2. The number of nitrogens with one attached hydrogen (secondary N) is 1. The summed E-state index contributed by atoms with van der Waals surface area (Å²) in [6.45, 7) is 3.83. The molecule has 0 saturated heterocycles. The molecule has 2 aromatic heterocycles. The Kier molecular flexibility index (Phi) is 5.47. The molecule has 1 atom stereocenters. The maximum absolute atomic E-state index is 13.7. The lowest BCUT2D eigenvalue weighted by molar-refractivity contribution is 0.358. The van der Waals surface area contributed by atoms with Gasteiger partial charge in [-0.05, 0) is 24.6 Å². The molecule has 1 unspecified atom stereocenters. The van der Waals surface area contributed by atoms with E-state index in [9.17, 15) is 4.39 Å². The van der Waals surface area contributed by atoms with Crippen LogP contribution in [-0.4, -0.2) is 41.5 Å². The number of nitrogens with zero attached hydrogens (tertiary/aromatic N) is 3. The zero-order valence-corrected chi connectivity index (χ0v) is 16.7. The Hall–Kier alpha value is -1.90. The van der Waals surface area contributed by atoms with Gasteiger partial charge < -0.3 is 16.0 Å². The molecule has 1 aliphatic rings. The van der Waals surface area contributed by atoms with E-state index in [1.54, 1.807) is 11.3 Å². The van der Waals surface area contributed by atoms with Gasteiger partial charge in [-0.15, -0.1) is 23.1 Å². The Morgan fingerprint density at radius 1 is 1.33 bits per heavy atom. The summed E-state index contributed by atoms with van der Waals surface area (Å²) in [5.41, 5.74) is 7.59. The predicted octanol–water partition coefficient (Wildman–Crippen LogP) is 3.82. The van der Waals surface area contributed by atoms with E-state index in [2.05, 4.69) is 40.5 Å². The Balaban J connectivity index is 1.69. The van der Waals surface area contributed by atoms with Crippen LogP contribution in [0.25, 0.3) is 10.2 Å². The summed E-state index contributed by atoms with van der Waals surface area (Å²) in [6.07, 6.45) is -1.10. The highest BCUT2D eigenvalue weighted by atomic mass is 32.2. The number of benzene rings is 1. The molecule has 3 heterocycles. The van der Waals surface area contributed by atoms with Gasteiger partial charge in [0, 0.05) is 41.7 Å². The minimum atomic E-state index is -1.10. The number of nitrogens with two attached hydrogens (primary N) is 1. The fraction of sp³-hybridized carbons (Fsp3) is 0.368. The molecule has 142 valence electrons. The van der Waals surface area contributed by atoms with E-state index >= 15 is 0 Å². The fourth-order valence-corrected chi connectivity index (χ4v) is 5.03. The van der Waals surface area contributed by atoms with Crippen LogP contribution in [0.5, 0.6) is 0 Å². The molecule has 3 aromatic rings. The van der Waals surface area contributed by atoms with Crippen molar-refractivity contribution < 1.29 is 4.39 Å². The Bertz CT molecular complexity index is 945. The first-order valence-corrected chi connectivity index (χ1v) is 10.8. The van der Waals surface area contributed by atoms with E-state index in [4.69, 9.17) is 15.7 Å². The van der Waals surface area contributed by atoms with Gasteiger partial charge in [0.2, 0.25) is 5.95 Å². The standard InChI is InChI=1S/C19H22FN5S2/c1-12-8-15-17(27-12)18(22-10-14(20)9-21)24-19(23-15)25-6-7-26-16-5-3-2-4-13(16)11-25/h2-5,8,14H,6-7,9-11,21H2,1H3,(H,22,23,24). The summed E-state index contributed by atoms with van der Waals surface area (Å²) in [5, 5.41) is 3.14. The molecule has 3 N–H and O–H groups in total. The van der Waals surface area contributed by atoms with Crippen LogP contribution in [0, 0.1) is 6.92 Å². The van der Waals surface area contributed by atoms with Gasteiger partial charge in [0.05, 0.1) is 10.2 Å². The summed E-state index contributed by atoms with van der Waals surface area (Å²) < 4.78 is 14.6. The minimum Gasteiger partial charge on any atom is -0.366 e. The van der Waals surface area contributed by atoms with Crippen molar-refractivity contribution in [1.29, 1.82) is 0 Å². The molecule has 0 bridgehead atoms. The fourth-order valence-electron chi connectivity index (χ4n) is 3.09.